The lowest BCUT2D eigenvalue weighted by atomic mass is 9.87. The summed E-state index contributed by atoms with van der Waals surface area (Å²) in [5.74, 6) is -3.53. The van der Waals surface area contributed by atoms with Gasteiger partial charge in [-0.05, 0) is 34.2 Å². The van der Waals surface area contributed by atoms with Gasteiger partial charge >= 0.3 is 20.0 Å². The van der Waals surface area contributed by atoms with E-state index < -0.39 is 43.6 Å². The fraction of sp³-hybridized carbons (Fsp3) is 0.417. The van der Waals surface area contributed by atoms with Gasteiger partial charge < -0.3 is 15.2 Å². The SMILES string of the molecule is CC(C)C(N)(O[P+](=O)CC(C(=O)O)C1NCCc2ccccc21)C(=O)OCc1ccccc1. The summed E-state index contributed by atoms with van der Waals surface area (Å²) in [6.45, 7) is 3.91. The van der Waals surface area contributed by atoms with Crippen LogP contribution in [0.15, 0.2) is 54.6 Å². The maximum atomic E-state index is 13.0. The van der Waals surface area contributed by atoms with E-state index in [1.54, 1.807) is 26.0 Å². The number of carbonyl (C=O) groups excluding carboxylic acids is 1. The highest BCUT2D eigenvalue weighted by molar-refractivity contribution is 7.39. The van der Waals surface area contributed by atoms with Crippen molar-refractivity contribution in [1.82, 2.24) is 5.32 Å². The third-order valence-electron chi connectivity index (χ3n) is 5.86. The van der Waals surface area contributed by atoms with Gasteiger partial charge in [-0.15, -0.1) is 4.52 Å². The third kappa shape index (κ3) is 6.03. The van der Waals surface area contributed by atoms with Crippen molar-refractivity contribution in [3.8, 4) is 0 Å². The van der Waals surface area contributed by atoms with Crippen LogP contribution in [-0.4, -0.2) is 35.5 Å². The molecule has 0 radical (unpaired) electrons. The lowest BCUT2D eigenvalue weighted by Gasteiger charge is -2.30. The van der Waals surface area contributed by atoms with E-state index in [-0.39, 0.29) is 12.8 Å². The van der Waals surface area contributed by atoms with E-state index in [1.165, 1.54) is 0 Å². The van der Waals surface area contributed by atoms with Gasteiger partial charge in [0.2, 0.25) is 0 Å². The van der Waals surface area contributed by atoms with E-state index in [2.05, 4.69) is 5.32 Å². The number of fused-ring (bicyclic) bond motifs is 1. The summed E-state index contributed by atoms with van der Waals surface area (Å²) >= 11 is 0. The average molecular weight is 473 g/mol. The number of rotatable bonds is 10. The Bertz CT molecular complexity index is 999. The predicted molar refractivity (Wildman–Crippen MR) is 124 cm³/mol. The van der Waals surface area contributed by atoms with Crippen LogP contribution < -0.4 is 11.1 Å². The summed E-state index contributed by atoms with van der Waals surface area (Å²) in [7, 11) is -2.58. The number of ether oxygens (including phenoxy) is 1. The van der Waals surface area contributed by atoms with Crippen LogP contribution in [0.4, 0.5) is 0 Å². The molecule has 4 atom stereocenters. The molecule has 0 saturated carbocycles. The van der Waals surface area contributed by atoms with Gasteiger partial charge in [0.25, 0.3) is 5.72 Å². The van der Waals surface area contributed by atoms with E-state index >= 15 is 0 Å². The van der Waals surface area contributed by atoms with Gasteiger partial charge in [0, 0.05) is 5.92 Å². The quantitative estimate of drug-likeness (QED) is 0.272. The summed E-state index contributed by atoms with van der Waals surface area (Å²) in [5, 5.41) is 13.1. The molecular weight excluding hydrogens is 443 g/mol. The van der Waals surface area contributed by atoms with Crippen molar-refractivity contribution in [3.05, 3.63) is 71.3 Å². The molecule has 4 N–H and O–H groups in total. The van der Waals surface area contributed by atoms with Gasteiger partial charge in [-0.25, -0.2) is 4.79 Å². The van der Waals surface area contributed by atoms with Gasteiger partial charge in [0.1, 0.15) is 12.5 Å². The van der Waals surface area contributed by atoms with Crippen LogP contribution >= 0.6 is 8.03 Å². The Morgan fingerprint density at radius 3 is 2.52 bits per heavy atom. The zero-order valence-electron chi connectivity index (χ0n) is 18.8. The first-order chi connectivity index (χ1) is 15.7. The van der Waals surface area contributed by atoms with Crippen molar-refractivity contribution < 1.29 is 28.5 Å². The standard InChI is InChI=1S/C24H29N2O6P/c1-16(2)24(25,23(29)31-14-17-8-4-3-5-9-17)32-33(30)15-20(22(27)28)21-19-11-7-6-10-18(19)12-13-26-21/h3-11,16,20-21,26H,12-15,25H2,1-2H3/p+1. The molecule has 1 aliphatic rings. The van der Waals surface area contributed by atoms with E-state index in [0.717, 1.165) is 23.1 Å². The highest BCUT2D eigenvalue weighted by Gasteiger charge is 2.50. The van der Waals surface area contributed by atoms with Crippen LogP contribution in [0.3, 0.4) is 0 Å². The Balaban J connectivity index is 1.71. The molecule has 2 aromatic rings. The van der Waals surface area contributed by atoms with Crippen LogP contribution in [0.25, 0.3) is 0 Å². The summed E-state index contributed by atoms with van der Waals surface area (Å²) in [4.78, 5) is 24.9. The summed E-state index contributed by atoms with van der Waals surface area (Å²) in [5.41, 5.74) is 6.94. The first kappa shape index (κ1) is 25.0. The van der Waals surface area contributed by atoms with Crippen LogP contribution in [0.2, 0.25) is 0 Å². The van der Waals surface area contributed by atoms with Crippen molar-refractivity contribution >= 4 is 20.0 Å². The molecule has 3 rings (SSSR count). The van der Waals surface area contributed by atoms with Crippen molar-refractivity contribution in [2.75, 3.05) is 12.7 Å². The van der Waals surface area contributed by atoms with Gasteiger partial charge in [-0.3, -0.25) is 10.5 Å². The number of carboxylic acid groups (broad SMARTS) is 1. The number of carbonyl (C=O) groups is 2. The minimum absolute atomic E-state index is 0.00792. The summed E-state index contributed by atoms with van der Waals surface area (Å²) in [6, 6.07) is 16.2. The van der Waals surface area contributed by atoms with E-state index in [1.807, 2.05) is 42.5 Å². The molecular formula is C24H30N2O6P+. The molecule has 176 valence electrons. The van der Waals surface area contributed by atoms with Crippen molar-refractivity contribution in [1.29, 1.82) is 0 Å². The highest BCUT2D eigenvalue weighted by atomic mass is 31.1. The van der Waals surface area contributed by atoms with Crippen molar-refractivity contribution in [3.63, 3.8) is 0 Å². The maximum absolute atomic E-state index is 13.0. The minimum Gasteiger partial charge on any atom is -0.481 e. The monoisotopic (exact) mass is 473 g/mol. The number of hydrogen-bond donors (Lipinski definition) is 3. The van der Waals surface area contributed by atoms with Crippen LogP contribution in [0.1, 0.15) is 36.6 Å². The second-order valence-corrected chi connectivity index (χ2v) is 9.65. The Kier molecular flexibility index (Phi) is 8.32. The number of nitrogens with one attached hydrogen (secondary N) is 1. The number of esters is 1. The molecule has 0 aliphatic carbocycles. The Hall–Kier alpha value is -2.64. The molecule has 0 aromatic heterocycles. The fourth-order valence-corrected chi connectivity index (χ4v) is 5.19. The van der Waals surface area contributed by atoms with Crippen LogP contribution in [0, 0.1) is 11.8 Å². The smallest absolute Gasteiger partial charge is 0.481 e. The molecule has 9 heteroatoms. The average Bonchev–Trinajstić information content (AvgIpc) is 2.81. The largest absolute Gasteiger partial charge is 0.511 e. The summed E-state index contributed by atoms with van der Waals surface area (Å²) < 4.78 is 23.8. The second-order valence-electron chi connectivity index (χ2n) is 8.44. The van der Waals surface area contributed by atoms with Crippen molar-refractivity contribution in [2.45, 2.75) is 38.6 Å². The Morgan fingerprint density at radius 2 is 1.85 bits per heavy atom. The topological polar surface area (TPSA) is 128 Å². The number of benzene rings is 2. The van der Waals surface area contributed by atoms with Crippen LogP contribution in [0.5, 0.6) is 0 Å². The third-order valence-corrected chi connectivity index (χ3v) is 7.05. The Labute approximate surface area is 194 Å². The molecule has 4 unspecified atom stereocenters. The van der Waals surface area contributed by atoms with E-state index in [0.29, 0.717) is 6.54 Å². The number of nitrogens with two attached hydrogens (primary N) is 1. The number of aliphatic carboxylic acids is 1. The number of carboxylic acids is 1. The van der Waals surface area contributed by atoms with E-state index in [9.17, 15) is 19.3 Å². The maximum Gasteiger partial charge on any atom is 0.511 e. The van der Waals surface area contributed by atoms with Gasteiger partial charge in [-0.2, -0.15) is 0 Å². The molecule has 0 spiro atoms. The molecule has 0 saturated heterocycles. The van der Waals surface area contributed by atoms with Crippen molar-refractivity contribution in [2.24, 2.45) is 17.6 Å². The highest BCUT2D eigenvalue weighted by Crippen LogP contribution is 2.39. The zero-order chi connectivity index (χ0) is 24.0. The fourth-order valence-electron chi connectivity index (χ4n) is 3.80. The van der Waals surface area contributed by atoms with Gasteiger partial charge in [-0.1, -0.05) is 68.4 Å². The number of hydrogen-bond acceptors (Lipinski definition) is 7. The first-order valence-corrected chi connectivity index (χ1v) is 12.3. The minimum atomic E-state index is -2.58. The lowest BCUT2D eigenvalue weighted by molar-refractivity contribution is -0.167. The molecule has 33 heavy (non-hydrogen) atoms. The molecule has 2 aromatic carbocycles. The van der Waals surface area contributed by atoms with E-state index in [4.69, 9.17) is 15.0 Å². The molecule has 0 amide bonds. The van der Waals surface area contributed by atoms with Crippen LogP contribution in [-0.2, 0) is 36.4 Å². The first-order valence-electron chi connectivity index (χ1n) is 10.9. The Morgan fingerprint density at radius 1 is 1.18 bits per heavy atom. The molecule has 0 fully saturated rings. The molecule has 8 nitrogen and oxygen atoms in total. The predicted octanol–water partition coefficient (Wildman–Crippen LogP) is 3.39. The molecule has 0 bridgehead atoms. The van der Waals surface area contributed by atoms with Gasteiger partial charge in [0.15, 0.2) is 6.16 Å². The van der Waals surface area contributed by atoms with Gasteiger partial charge in [0.05, 0.1) is 6.04 Å². The second kappa shape index (κ2) is 11.0. The molecule has 1 heterocycles. The summed E-state index contributed by atoms with van der Waals surface area (Å²) in [6.07, 6.45) is 0.489. The normalized spacial score (nSPS) is 18.7. The lowest BCUT2D eigenvalue weighted by Crippen LogP contribution is -2.54. The zero-order valence-corrected chi connectivity index (χ0v) is 19.7. The molecule has 1 aliphatic heterocycles.